The van der Waals surface area contributed by atoms with Crippen molar-refractivity contribution >= 4 is 0 Å². The average molecular weight is 313 g/mol. The van der Waals surface area contributed by atoms with E-state index in [1.165, 1.54) is 31.4 Å². The molecule has 0 aromatic heterocycles. The minimum absolute atomic E-state index is 0.000221. The first-order chi connectivity index (χ1) is 11.2. The number of nitrogens with zero attached hydrogens (tertiary/aromatic N) is 1. The summed E-state index contributed by atoms with van der Waals surface area (Å²) in [6.45, 7) is 3.03. The molecule has 0 radical (unpaired) electrons. The van der Waals surface area contributed by atoms with E-state index in [4.69, 9.17) is 0 Å². The number of halogens is 1. The number of likely N-dealkylation sites (tertiary alicyclic amines) is 1. The van der Waals surface area contributed by atoms with Crippen molar-refractivity contribution in [2.45, 2.75) is 31.3 Å². The molecule has 2 aromatic carbocycles. The van der Waals surface area contributed by atoms with Crippen LogP contribution in [-0.2, 0) is 0 Å². The molecule has 0 unspecified atom stereocenters. The summed E-state index contributed by atoms with van der Waals surface area (Å²) in [6.07, 6.45) is 3.13. The molecule has 23 heavy (non-hydrogen) atoms. The molecule has 1 aliphatic rings. The molecule has 122 valence electrons. The van der Waals surface area contributed by atoms with E-state index in [9.17, 15) is 9.50 Å². The maximum atomic E-state index is 13.2. The van der Waals surface area contributed by atoms with Crippen molar-refractivity contribution in [2.75, 3.05) is 19.6 Å². The molecule has 0 aliphatic carbocycles. The van der Waals surface area contributed by atoms with Gasteiger partial charge in [0.25, 0.3) is 0 Å². The second-order valence-corrected chi connectivity index (χ2v) is 6.37. The largest absolute Gasteiger partial charge is 0.388 e. The maximum absolute atomic E-state index is 13.2. The Balaban J connectivity index is 1.83. The summed E-state index contributed by atoms with van der Waals surface area (Å²) in [5, 5.41) is 10.9. The molecule has 1 heterocycles. The van der Waals surface area contributed by atoms with Crippen LogP contribution in [-0.4, -0.2) is 29.6 Å². The molecule has 2 atom stereocenters. The van der Waals surface area contributed by atoms with Gasteiger partial charge in [-0.1, -0.05) is 48.9 Å². The van der Waals surface area contributed by atoms with Crippen LogP contribution in [0.4, 0.5) is 4.39 Å². The lowest BCUT2D eigenvalue weighted by molar-refractivity contribution is 0.109. The molecule has 3 heteroatoms. The number of piperidine rings is 1. The Hall–Kier alpha value is -1.71. The zero-order valence-corrected chi connectivity index (χ0v) is 13.4. The zero-order chi connectivity index (χ0) is 16.1. The summed E-state index contributed by atoms with van der Waals surface area (Å²) in [5.74, 6) is -0.270. The molecule has 0 saturated carbocycles. The molecule has 2 nitrogen and oxygen atoms in total. The number of benzene rings is 2. The summed E-state index contributed by atoms with van der Waals surface area (Å²) in [5.41, 5.74) is 1.91. The van der Waals surface area contributed by atoms with Gasteiger partial charge in [0, 0.05) is 12.5 Å². The molecule has 0 bridgehead atoms. The van der Waals surface area contributed by atoms with Crippen LogP contribution in [0.2, 0.25) is 0 Å². The first kappa shape index (κ1) is 16.2. The van der Waals surface area contributed by atoms with Crippen molar-refractivity contribution in [2.24, 2.45) is 0 Å². The molecular weight excluding hydrogens is 289 g/mol. The van der Waals surface area contributed by atoms with E-state index in [2.05, 4.69) is 17.0 Å². The summed E-state index contributed by atoms with van der Waals surface area (Å²) < 4.78 is 13.2. The van der Waals surface area contributed by atoms with E-state index in [1.807, 2.05) is 18.2 Å². The first-order valence-corrected chi connectivity index (χ1v) is 8.45. The van der Waals surface area contributed by atoms with Crippen LogP contribution in [0.15, 0.2) is 54.6 Å². The maximum Gasteiger partial charge on any atom is 0.123 e. The Morgan fingerprint density at radius 1 is 0.870 bits per heavy atom. The van der Waals surface area contributed by atoms with Gasteiger partial charge in [-0.2, -0.15) is 0 Å². The first-order valence-electron chi connectivity index (χ1n) is 8.45. The second kappa shape index (κ2) is 7.71. The quantitative estimate of drug-likeness (QED) is 0.897. The van der Waals surface area contributed by atoms with Gasteiger partial charge in [-0.05, 0) is 49.2 Å². The molecule has 1 fully saturated rings. The van der Waals surface area contributed by atoms with Crippen LogP contribution in [0.1, 0.15) is 42.4 Å². The van der Waals surface area contributed by atoms with Gasteiger partial charge >= 0.3 is 0 Å². The van der Waals surface area contributed by atoms with Gasteiger partial charge in [0.1, 0.15) is 5.82 Å². The molecule has 2 aromatic rings. The molecular formula is C20H24FNO. The van der Waals surface area contributed by atoms with Crippen LogP contribution < -0.4 is 0 Å². The molecule has 1 N–H and O–H groups in total. The van der Waals surface area contributed by atoms with E-state index in [0.717, 1.165) is 30.8 Å². The predicted molar refractivity (Wildman–Crippen MR) is 90.8 cm³/mol. The summed E-state index contributed by atoms with van der Waals surface area (Å²) >= 11 is 0. The highest BCUT2D eigenvalue weighted by molar-refractivity contribution is 5.27. The van der Waals surface area contributed by atoms with Crippen LogP contribution in [0.25, 0.3) is 0 Å². The predicted octanol–water partition coefficient (Wildman–Crippen LogP) is 4.13. The van der Waals surface area contributed by atoms with Gasteiger partial charge in [-0.15, -0.1) is 0 Å². The highest BCUT2D eigenvalue weighted by atomic mass is 19.1. The van der Waals surface area contributed by atoms with Gasteiger partial charge in [0.2, 0.25) is 0 Å². The Labute approximate surface area is 137 Å². The minimum atomic E-state index is -0.625. The third-order valence-corrected chi connectivity index (χ3v) is 4.72. The van der Waals surface area contributed by atoms with Crippen molar-refractivity contribution in [3.05, 3.63) is 71.5 Å². The van der Waals surface area contributed by atoms with E-state index >= 15 is 0 Å². The lowest BCUT2D eigenvalue weighted by Crippen LogP contribution is -2.35. The van der Waals surface area contributed by atoms with E-state index in [1.54, 1.807) is 12.1 Å². The van der Waals surface area contributed by atoms with Crippen molar-refractivity contribution in [3.8, 4) is 0 Å². The van der Waals surface area contributed by atoms with Gasteiger partial charge in [-0.25, -0.2) is 4.39 Å². The van der Waals surface area contributed by atoms with Crippen molar-refractivity contribution in [1.29, 1.82) is 0 Å². The van der Waals surface area contributed by atoms with Gasteiger partial charge in [0.15, 0.2) is 0 Å². The van der Waals surface area contributed by atoms with E-state index in [0.29, 0.717) is 0 Å². The van der Waals surface area contributed by atoms with Crippen LogP contribution in [0.3, 0.4) is 0 Å². The summed E-state index contributed by atoms with van der Waals surface area (Å²) in [4.78, 5) is 2.44. The molecule has 1 saturated heterocycles. The topological polar surface area (TPSA) is 23.5 Å². The third-order valence-electron chi connectivity index (χ3n) is 4.72. The van der Waals surface area contributed by atoms with E-state index in [-0.39, 0.29) is 11.7 Å². The monoisotopic (exact) mass is 313 g/mol. The minimum Gasteiger partial charge on any atom is -0.388 e. The molecule has 0 spiro atoms. The Morgan fingerprint density at radius 3 is 2.17 bits per heavy atom. The van der Waals surface area contributed by atoms with Crippen molar-refractivity contribution in [3.63, 3.8) is 0 Å². The van der Waals surface area contributed by atoms with Gasteiger partial charge in [-0.3, -0.25) is 0 Å². The average Bonchev–Trinajstić information content (AvgIpc) is 2.61. The Morgan fingerprint density at radius 2 is 1.52 bits per heavy atom. The molecule has 1 aliphatic heterocycles. The van der Waals surface area contributed by atoms with Crippen LogP contribution in [0.5, 0.6) is 0 Å². The van der Waals surface area contributed by atoms with Crippen molar-refractivity contribution in [1.82, 2.24) is 4.90 Å². The third kappa shape index (κ3) is 4.18. The molecule has 0 amide bonds. The number of aliphatic hydroxyl groups excluding tert-OH is 1. The van der Waals surface area contributed by atoms with Crippen molar-refractivity contribution < 1.29 is 9.50 Å². The van der Waals surface area contributed by atoms with E-state index < -0.39 is 6.10 Å². The number of hydrogen-bond acceptors (Lipinski definition) is 2. The lowest BCUT2D eigenvalue weighted by Gasteiger charge is -2.33. The number of rotatable bonds is 5. The highest BCUT2D eigenvalue weighted by Gasteiger charge is 2.25. The van der Waals surface area contributed by atoms with Gasteiger partial charge in [0.05, 0.1) is 6.10 Å². The normalized spacial score (nSPS) is 18.5. The standard InChI is InChI=1S/C20H24FNO/c21-18-11-9-17(10-12-18)20(23)19(16-7-3-1-4-8-16)15-22-13-5-2-6-14-22/h1,3-4,7-12,19-20,23H,2,5-6,13-15H2/t19-,20+/m0/s1. The smallest absolute Gasteiger partial charge is 0.123 e. The second-order valence-electron chi connectivity index (χ2n) is 6.37. The Kier molecular flexibility index (Phi) is 5.42. The fourth-order valence-corrected chi connectivity index (χ4v) is 3.40. The lowest BCUT2D eigenvalue weighted by atomic mass is 9.88. The Bertz CT molecular complexity index is 593. The number of aliphatic hydroxyl groups is 1. The highest BCUT2D eigenvalue weighted by Crippen LogP contribution is 2.32. The zero-order valence-electron chi connectivity index (χ0n) is 13.4. The fourth-order valence-electron chi connectivity index (χ4n) is 3.40. The SMILES string of the molecule is O[C@H](c1ccc(F)cc1)[C@@H](CN1CCCCC1)c1ccccc1. The number of hydrogen-bond donors (Lipinski definition) is 1. The summed E-state index contributed by atoms with van der Waals surface area (Å²) in [6, 6.07) is 16.4. The molecule has 3 rings (SSSR count). The fraction of sp³-hybridized carbons (Fsp3) is 0.400. The van der Waals surface area contributed by atoms with Crippen LogP contribution in [0, 0.1) is 5.82 Å². The van der Waals surface area contributed by atoms with Gasteiger partial charge < -0.3 is 10.0 Å². The van der Waals surface area contributed by atoms with Crippen LogP contribution >= 0.6 is 0 Å². The summed E-state index contributed by atoms with van der Waals surface area (Å²) in [7, 11) is 0.